The molecule has 0 amide bonds. The molecule has 1 atom stereocenters. The van der Waals surface area contributed by atoms with Crippen LogP contribution in [-0.2, 0) is 6.42 Å². The molecule has 3 rings (SSSR count). The summed E-state index contributed by atoms with van der Waals surface area (Å²) >= 11 is 0. The molecule has 2 aliphatic rings. The average molecular weight is 290 g/mol. The quantitative estimate of drug-likeness (QED) is 0.918. The Morgan fingerprint density at radius 3 is 2.81 bits per heavy atom. The second-order valence-corrected chi connectivity index (χ2v) is 7.06. The Hall–Kier alpha value is -1.22. The van der Waals surface area contributed by atoms with Crippen molar-refractivity contribution in [1.82, 2.24) is 0 Å². The molecule has 0 spiro atoms. The number of hydrogen-bond donors (Lipinski definition) is 1. The minimum atomic E-state index is -0.365. The molecule has 1 aliphatic heterocycles. The molecule has 1 N–H and O–H groups in total. The van der Waals surface area contributed by atoms with Crippen LogP contribution in [0.3, 0.4) is 0 Å². The van der Waals surface area contributed by atoms with Crippen LogP contribution < -0.4 is 9.47 Å². The van der Waals surface area contributed by atoms with Crippen molar-refractivity contribution in [2.24, 2.45) is 5.92 Å². The van der Waals surface area contributed by atoms with E-state index in [1.54, 1.807) is 0 Å². The lowest BCUT2D eigenvalue weighted by atomic mass is 9.85. The maximum Gasteiger partial charge on any atom is 0.165 e. The van der Waals surface area contributed by atoms with Crippen molar-refractivity contribution in [2.75, 3.05) is 6.61 Å². The van der Waals surface area contributed by atoms with Gasteiger partial charge in [-0.2, -0.15) is 0 Å². The Labute approximate surface area is 127 Å². The first-order chi connectivity index (χ1) is 10.1. The number of aliphatic hydroxyl groups excluding tert-OH is 1. The number of rotatable bonds is 4. The Bertz CT molecular complexity index is 489. The van der Waals surface area contributed by atoms with Gasteiger partial charge in [-0.25, -0.2) is 0 Å². The summed E-state index contributed by atoms with van der Waals surface area (Å²) in [5.74, 6) is 2.03. The summed E-state index contributed by atoms with van der Waals surface area (Å²) in [6.07, 6.45) is 6.57. The van der Waals surface area contributed by atoms with Crippen LogP contribution >= 0.6 is 0 Å². The molecular formula is C18H26O3. The molecule has 0 radical (unpaired) electrons. The van der Waals surface area contributed by atoms with Gasteiger partial charge in [0.25, 0.3) is 0 Å². The maximum absolute atomic E-state index is 10.3. The van der Waals surface area contributed by atoms with Crippen LogP contribution in [0.25, 0.3) is 0 Å². The van der Waals surface area contributed by atoms with Gasteiger partial charge in [-0.15, -0.1) is 0 Å². The molecule has 116 valence electrons. The zero-order chi connectivity index (χ0) is 14.9. The summed E-state index contributed by atoms with van der Waals surface area (Å²) in [5, 5.41) is 10.3. The molecule has 1 aromatic rings. The molecule has 1 fully saturated rings. The van der Waals surface area contributed by atoms with Gasteiger partial charge >= 0.3 is 0 Å². The van der Waals surface area contributed by atoms with Gasteiger partial charge in [-0.3, -0.25) is 0 Å². The van der Waals surface area contributed by atoms with E-state index in [-0.39, 0.29) is 11.7 Å². The summed E-state index contributed by atoms with van der Waals surface area (Å²) in [7, 11) is 0. The lowest BCUT2D eigenvalue weighted by molar-refractivity contribution is 0.0392. The number of aliphatic hydroxyl groups is 1. The molecule has 1 unspecified atom stereocenters. The fraction of sp³-hybridized carbons (Fsp3) is 0.667. The predicted octanol–water partition coefficient (Wildman–Crippen LogP) is 3.72. The molecule has 1 saturated carbocycles. The van der Waals surface area contributed by atoms with Crippen LogP contribution in [0.1, 0.15) is 51.5 Å². The largest absolute Gasteiger partial charge is 0.487 e. The number of para-hydroxylation sites is 1. The maximum atomic E-state index is 10.3. The third-order valence-corrected chi connectivity index (χ3v) is 4.66. The third-order valence-electron chi connectivity index (χ3n) is 4.66. The lowest BCUT2D eigenvalue weighted by Gasteiger charge is -2.26. The summed E-state index contributed by atoms with van der Waals surface area (Å²) in [4.78, 5) is 0. The standard InChI is InChI=1S/C18H26O3/c1-18(2)11-14-9-6-10-16(17(14)21-18)20-12-15(19)13-7-4-3-5-8-13/h6,9-10,13,15,19H,3-5,7-8,11-12H2,1-2H3. The highest BCUT2D eigenvalue weighted by Crippen LogP contribution is 2.41. The van der Waals surface area contributed by atoms with E-state index in [2.05, 4.69) is 19.9 Å². The molecule has 1 aromatic carbocycles. The summed E-state index contributed by atoms with van der Waals surface area (Å²) < 4.78 is 11.9. The van der Waals surface area contributed by atoms with E-state index < -0.39 is 0 Å². The average Bonchev–Trinajstić information content (AvgIpc) is 2.80. The van der Waals surface area contributed by atoms with Gasteiger partial charge in [0.05, 0.1) is 6.10 Å². The van der Waals surface area contributed by atoms with Crippen LogP contribution in [0.4, 0.5) is 0 Å². The SMILES string of the molecule is CC1(C)Cc2cccc(OCC(O)C3CCCCC3)c2O1. The zero-order valence-corrected chi connectivity index (χ0v) is 13.1. The Morgan fingerprint density at radius 1 is 1.29 bits per heavy atom. The molecule has 3 heteroatoms. The first kappa shape index (κ1) is 14.7. The fourth-order valence-electron chi connectivity index (χ4n) is 3.53. The van der Waals surface area contributed by atoms with Gasteiger partial charge in [0.1, 0.15) is 12.2 Å². The van der Waals surface area contributed by atoms with Crippen LogP contribution in [0.5, 0.6) is 11.5 Å². The van der Waals surface area contributed by atoms with Crippen molar-refractivity contribution in [1.29, 1.82) is 0 Å². The lowest BCUT2D eigenvalue weighted by Crippen LogP contribution is -2.29. The van der Waals surface area contributed by atoms with E-state index in [1.165, 1.54) is 24.8 Å². The summed E-state index contributed by atoms with van der Waals surface area (Å²) in [6.45, 7) is 4.55. The summed E-state index contributed by atoms with van der Waals surface area (Å²) in [5.41, 5.74) is 1.04. The van der Waals surface area contributed by atoms with E-state index >= 15 is 0 Å². The minimum Gasteiger partial charge on any atom is -0.487 e. The van der Waals surface area contributed by atoms with Crippen LogP contribution in [0.15, 0.2) is 18.2 Å². The van der Waals surface area contributed by atoms with E-state index in [0.29, 0.717) is 12.5 Å². The van der Waals surface area contributed by atoms with Crippen molar-refractivity contribution in [3.8, 4) is 11.5 Å². The Kier molecular flexibility index (Phi) is 4.12. The highest BCUT2D eigenvalue weighted by Gasteiger charge is 2.32. The van der Waals surface area contributed by atoms with Crippen molar-refractivity contribution in [3.05, 3.63) is 23.8 Å². The van der Waals surface area contributed by atoms with Crippen LogP contribution in [0, 0.1) is 5.92 Å². The molecule has 1 aliphatic carbocycles. The number of hydrogen-bond acceptors (Lipinski definition) is 3. The normalized spacial score (nSPS) is 22.4. The van der Waals surface area contributed by atoms with Crippen molar-refractivity contribution in [3.63, 3.8) is 0 Å². The van der Waals surface area contributed by atoms with Gasteiger partial charge in [-0.1, -0.05) is 31.4 Å². The molecular weight excluding hydrogens is 264 g/mol. The highest BCUT2D eigenvalue weighted by molar-refractivity contribution is 5.50. The monoisotopic (exact) mass is 290 g/mol. The van der Waals surface area contributed by atoms with Gasteiger partial charge < -0.3 is 14.6 Å². The molecule has 1 heterocycles. The van der Waals surface area contributed by atoms with Crippen molar-refractivity contribution < 1.29 is 14.6 Å². The van der Waals surface area contributed by atoms with Gasteiger partial charge in [0.2, 0.25) is 0 Å². The molecule has 21 heavy (non-hydrogen) atoms. The Balaban J connectivity index is 1.63. The Morgan fingerprint density at radius 2 is 2.05 bits per heavy atom. The van der Waals surface area contributed by atoms with Crippen LogP contribution in [0.2, 0.25) is 0 Å². The number of ether oxygens (including phenoxy) is 2. The first-order valence-electron chi connectivity index (χ1n) is 8.17. The summed E-state index contributed by atoms with van der Waals surface area (Å²) in [6, 6.07) is 6.04. The highest BCUT2D eigenvalue weighted by atomic mass is 16.5. The zero-order valence-electron chi connectivity index (χ0n) is 13.1. The molecule has 0 saturated heterocycles. The molecule has 0 aromatic heterocycles. The second-order valence-electron chi connectivity index (χ2n) is 7.06. The second kappa shape index (κ2) is 5.88. The molecule has 0 bridgehead atoms. The van der Waals surface area contributed by atoms with E-state index in [9.17, 15) is 5.11 Å². The predicted molar refractivity (Wildman–Crippen MR) is 82.9 cm³/mol. The fourth-order valence-corrected chi connectivity index (χ4v) is 3.53. The van der Waals surface area contributed by atoms with Gasteiger partial charge in [-0.05, 0) is 38.7 Å². The number of benzene rings is 1. The number of fused-ring (bicyclic) bond motifs is 1. The molecule has 3 nitrogen and oxygen atoms in total. The van der Waals surface area contributed by atoms with Crippen molar-refractivity contribution in [2.45, 2.75) is 64.1 Å². The third kappa shape index (κ3) is 3.34. The van der Waals surface area contributed by atoms with Crippen molar-refractivity contribution >= 4 is 0 Å². The van der Waals surface area contributed by atoms with Gasteiger partial charge in [0, 0.05) is 12.0 Å². The van der Waals surface area contributed by atoms with E-state index in [1.807, 2.05) is 12.1 Å². The minimum absolute atomic E-state index is 0.163. The smallest absolute Gasteiger partial charge is 0.165 e. The van der Waals surface area contributed by atoms with E-state index in [0.717, 1.165) is 30.8 Å². The first-order valence-corrected chi connectivity index (χ1v) is 8.17. The van der Waals surface area contributed by atoms with Crippen LogP contribution in [-0.4, -0.2) is 23.4 Å². The van der Waals surface area contributed by atoms with E-state index in [4.69, 9.17) is 9.47 Å². The topological polar surface area (TPSA) is 38.7 Å². The van der Waals surface area contributed by atoms with Gasteiger partial charge in [0.15, 0.2) is 11.5 Å².